The molecule has 0 aliphatic rings. The fourth-order valence-corrected chi connectivity index (χ4v) is 2.00. The van der Waals surface area contributed by atoms with Gasteiger partial charge in [-0.05, 0) is 24.3 Å². The van der Waals surface area contributed by atoms with E-state index >= 15 is 0 Å². The summed E-state index contributed by atoms with van der Waals surface area (Å²) in [6.45, 7) is 0.404. The molecule has 0 bridgehead atoms. The molecule has 0 N–H and O–H groups in total. The summed E-state index contributed by atoms with van der Waals surface area (Å²) in [5.41, 5.74) is 1.63. The van der Waals surface area contributed by atoms with Crippen molar-refractivity contribution in [1.82, 2.24) is 20.0 Å². The zero-order chi connectivity index (χ0) is 13.9. The van der Waals surface area contributed by atoms with E-state index in [1.54, 1.807) is 23.0 Å². The normalized spacial score (nSPS) is 10.9. The Bertz CT molecular complexity index is 707. The highest BCUT2D eigenvalue weighted by Gasteiger charge is 2.08. The first-order valence-corrected chi connectivity index (χ1v) is 7.02. The molecule has 0 atom stereocenters. The van der Waals surface area contributed by atoms with Crippen molar-refractivity contribution in [1.29, 1.82) is 0 Å². The largest absolute Gasteiger partial charge is 0.439 e. The second-order valence-electron chi connectivity index (χ2n) is 4.17. The highest BCUT2D eigenvalue weighted by Crippen LogP contribution is 2.20. The molecule has 0 saturated carbocycles. The average molecular weight is 337 g/mol. The van der Waals surface area contributed by atoms with Crippen LogP contribution in [0.2, 0.25) is 0 Å². The number of halogens is 2. The topological polar surface area (TPSA) is 56.7 Å². The fraction of sp³-hybridized carbons (Fsp3) is 0.154. The van der Waals surface area contributed by atoms with Gasteiger partial charge in [0.2, 0.25) is 5.89 Å². The van der Waals surface area contributed by atoms with Gasteiger partial charge in [-0.15, -0.1) is 5.10 Å². The number of hydrogen-bond donors (Lipinski definition) is 0. The van der Waals surface area contributed by atoms with Gasteiger partial charge in [0.15, 0.2) is 5.76 Å². The Hall–Kier alpha value is -2.02. The molecule has 0 spiro atoms. The third-order valence-electron chi connectivity index (χ3n) is 2.70. The molecule has 3 aromatic rings. The smallest absolute Gasteiger partial charge is 0.216 e. The first kappa shape index (κ1) is 13.0. The van der Waals surface area contributed by atoms with E-state index in [9.17, 15) is 4.39 Å². The van der Waals surface area contributed by atoms with Gasteiger partial charge in [-0.1, -0.05) is 21.1 Å². The van der Waals surface area contributed by atoms with Gasteiger partial charge in [-0.3, -0.25) is 0 Å². The Kier molecular flexibility index (Phi) is 3.60. The maximum atomic E-state index is 12.9. The summed E-state index contributed by atoms with van der Waals surface area (Å²) < 4.78 is 20.1. The molecule has 3 rings (SSSR count). The van der Waals surface area contributed by atoms with E-state index in [2.05, 4.69) is 31.2 Å². The number of aromatic nitrogens is 4. The van der Waals surface area contributed by atoms with Crippen LogP contribution in [0.3, 0.4) is 0 Å². The molecule has 1 aromatic carbocycles. The number of alkyl halides is 1. The van der Waals surface area contributed by atoms with Crippen molar-refractivity contribution in [2.45, 2.75) is 11.9 Å². The summed E-state index contributed by atoms with van der Waals surface area (Å²) in [6.07, 6.45) is 3.43. The zero-order valence-corrected chi connectivity index (χ0v) is 11.9. The molecule has 5 nitrogen and oxygen atoms in total. The van der Waals surface area contributed by atoms with Crippen molar-refractivity contribution in [3.05, 3.63) is 54.1 Å². The van der Waals surface area contributed by atoms with E-state index in [1.807, 2.05) is 6.20 Å². The molecule has 0 saturated heterocycles. The third-order valence-corrected chi connectivity index (χ3v) is 3.28. The van der Waals surface area contributed by atoms with Crippen molar-refractivity contribution in [3.8, 4) is 11.3 Å². The maximum absolute atomic E-state index is 12.9. The molecule has 7 heteroatoms. The minimum absolute atomic E-state index is 0.279. The molecule has 0 aliphatic heterocycles. The van der Waals surface area contributed by atoms with Crippen LogP contribution >= 0.6 is 15.9 Å². The molecule has 20 heavy (non-hydrogen) atoms. The molecule has 0 fully saturated rings. The number of oxazole rings is 1. The summed E-state index contributed by atoms with van der Waals surface area (Å²) >= 11 is 3.31. The van der Waals surface area contributed by atoms with Crippen LogP contribution in [0.4, 0.5) is 4.39 Å². The van der Waals surface area contributed by atoms with Crippen molar-refractivity contribution in [3.63, 3.8) is 0 Å². The monoisotopic (exact) mass is 336 g/mol. The number of benzene rings is 1. The van der Waals surface area contributed by atoms with Gasteiger partial charge in [0.05, 0.1) is 11.9 Å². The van der Waals surface area contributed by atoms with Crippen LogP contribution in [-0.2, 0) is 11.9 Å². The van der Waals surface area contributed by atoms with E-state index in [-0.39, 0.29) is 5.82 Å². The molecule has 102 valence electrons. The average Bonchev–Trinajstić information content (AvgIpc) is 3.09. The Morgan fingerprint density at radius 2 is 2.05 bits per heavy atom. The number of rotatable bonds is 4. The molecule has 0 amide bonds. The molecule has 0 radical (unpaired) electrons. The molecule has 2 aromatic heterocycles. The molecule has 0 unspecified atom stereocenters. The van der Waals surface area contributed by atoms with Gasteiger partial charge in [-0.2, -0.15) is 0 Å². The molecule has 0 aliphatic carbocycles. The van der Waals surface area contributed by atoms with E-state index < -0.39 is 0 Å². The second kappa shape index (κ2) is 5.54. The van der Waals surface area contributed by atoms with E-state index in [0.29, 0.717) is 23.5 Å². The minimum atomic E-state index is -0.279. The van der Waals surface area contributed by atoms with Crippen LogP contribution in [-0.4, -0.2) is 20.0 Å². The highest BCUT2D eigenvalue weighted by molar-refractivity contribution is 9.08. The Balaban J connectivity index is 1.78. The molecular formula is C13H10BrFN4O. The van der Waals surface area contributed by atoms with Gasteiger partial charge in [0.25, 0.3) is 0 Å². The van der Waals surface area contributed by atoms with Gasteiger partial charge >= 0.3 is 0 Å². The van der Waals surface area contributed by atoms with E-state index in [4.69, 9.17) is 4.42 Å². The molecule has 2 heterocycles. The predicted molar refractivity (Wildman–Crippen MR) is 73.7 cm³/mol. The van der Waals surface area contributed by atoms with Crippen LogP contribution in [0, 0.1) is 5.82 Å². The van der Waals surface area contributed by atoms with Crippen LogP contribution < -0.4 is 0 Å². The van der Waals surface area contributed by atoms with Crippen LogP contribution in [0.1, 0.15) is 11.6 Å². The van der Waals surface area contributed by atoms with Crippen molar-refractivity contribution < 1.29 is 8.81 Å². The van der Waals surface area contributed by atoms with E-state index in [0.717, 1.165) is 11.3 Å². The quantitative estimate of drug-likeness (QED) is 0.687. The predicted octanol–water partition coefficient (Wildman–Crippen LogP) is 3.02. The van der Waals surface area contributed by atoms with Crippen LogP contribution in [0.25, 0.3) is 11.3 Å². The Morgan fingerprint density at radius 1 is 1.25 bits per heavy atom. The standard InChI is InChI=1S/C13H10BrFN4O/c14-5-11-7-19(18-17-11)8-13-16-6-12(20-13)9-1-3-10(15)4-2-9/h1-4,6-7H,5,8H2. The zero-order valence-electron chi connectivity index (χ0n) is 10.3. The number of nitrogens with zero attached hydrogens (tertiary/aromatic N) is 4. The lowest BCUT2D eigenvalue weighted by atomic mass is 10.2. The summed E-state index contributed by atoms with van der Waals surface area (Å²) in [5.74, 6) is 0.842. The van der Waals surface area contributed by atoms with Gasteiger partial charge in [0, 0.05) is 17.1 Å². The van der Waals surface area contributed by atoms with Crippen molar-refractivity contribution >= 4 is 15.9 Å². The summed E-state index contributed by atoms with van der Waals surface area (Å²) in [4.78, 5) is 4.18. The van der Waals surface area contributed by atoms with Crippen molar-refractivity contribution in [2.24, 2.45) is 0 Å². The first-order chi connectivity index (χ1) is 9.74. The van der Waals surface area contributed by atoms with Crippen LogP contribution in [0.5, 0.6) is 0 Å². The summed E-state index contributed by atoms with van der Waals surface area (Å²) in [6, 6.07) is 6.07. The summed E-state index contributed by atoms with van der Waals surface area (Å²) in [7, 11) is 0. The molecular weight excluding hydrogens is 327 g/mol. The second-order valence-corrected chi connectivity index (χ2v) is 4.73. The maximum Gasteiger partial charge on any atom is 0.216 e. The lowest BCUT2D eigenvalue weighted by molar-refractivity contribution is 0.469. The third kappa shape index (κ3) is 2.77. The SMILES string of the molecule is Fc1ccc(-c2cnc(Cn3cc(CBr)nn3)o2)cc1. The van der Waals surface area contributed by atoms with Gasteiger partial charge in [-0.25, -0.2) is 14.1 Å². The first-order valence-electron chi connectivity index (χ1n) is 5.90. The highest BCUT2D eigenvalue weighted by atomic mass is 79.9. The lowest BCUT2D eigenvalue weighted by Gasteiger charge is -1.96. The van der Waals surface area contributed by atoms with Gasteiger partial charge < -0.3 is 4.42 Å². The lowest BCUT2D eigenvalue weighted by Crippen LogP contribution is -2.00. The van der Waals surface area contributed by atoms with Gasteiger partial charge in [0.1, 0.15) is 12.4 Å². The fourth-order valence-electron chi connectivity index (χ4n) is 1.75. The minimum Gasteiger partial charge on any atom is -0.439 e. The van der Waals surface area contributed by atoms with Crippen LogP contribution in [0.15, 0.2) is 41.1 Å². The summed E-state index contributed by atoms with van der Waals surface area (Å²) in [5, 5.41) is 8.58. The Labute approximate surface area is 122 Å². The number of hydrogen-bond acceptors (Lipinski definition) is 4. The Morgan fingerprint density at radius 3 is 2.75 bits per heavy atom. The van der Waals surface area contributed by atoms with E-state index in [1.165, 1.54) is 12.1 Å². The van der Waals surface area contributed by atoms with Crippen molar-refractivity contribution in [2.75, 3.05) is 0 Å².